The molecule has 0 saturated carbocycles. The van der Waals surface area contributed by atoms with Crippen LogP contribution in [0.2, 0.25) is 0 Å². The van der Waals surface area contributed by atoms with Crippen LogP contribution in [0.5, 0.6) is 0 Å². The quantitative estimate of drug-likeness (QED) is 0.399. The largest absolute Gasteiger partial charge is 0.399 e. The third-order valence-electron chi connectivity index (χ3n) is 0.800. The van der Waals surface area contributed by atoms with Gasteiger partial charge in [-0.1, -0.05) is 18.2 Å². The molecule has 0 saturated heterocycles. The van der Waals surface area contributed by atoms with Crippen molar-refractivity contribution in [2.24, 2.45) is 0 Å². The van der Waals surface area contributed by atoms with Gasteiger partial charge in [-0.15, -0.1) is 0 Å². The zero-order valence-electron chi connectivity index (χ0n) is 5.77. The van der Waals surface area contributed by atoms with Gasteiger partial charge >= 0.3 is 8.25 Å². The average Bonchev–Trinajstić information content (AvgIpc) is 1.87. The highest BCUT2D eigenvalue weighted by Gasteiger charge is 1.72. The van der Waals surface area contributed by atoms with Crippen molar-refractivity contribution < 1.29 is 14.4 Å². The summed E-state index contributed by atoms with van der Waals surface area (Å²) in [7, 11) is -3.13. The Bertz CT molecular complexity index is 210. The normalized spacial score (nSPS) is 8.64. The van der Waals surface area contributed by atoms with Gasteiger partial charge in [0.2, 0.25) is 0 Å². The fraction of sp³-hybridized carbons (Fsp3) is 0. The van der Waals surface area contributed by atoms with E-state index in [-0.39, 0.29) is 0 Å². The van der Waals surface area contributed by atoms with Gasteiger partial charge < -0.3 is 15.5 Å². The van der Waals surface area contributed by atoms with Gasteiger partial charge in [-0.05, 0) is 12.1 Å². The Balaban J connectivity index is 0.000000218. The van der Waals surface area contributed by atoms with Gasteiger partial charge in [0.25, 0.3) is 0 Å². The van der Waals surface area contributed by atoms with Crippen molar-refractivity contribution in [3.63, 3.8) is 0 Å². The zero-order chi connectivity index (χ0) is 8.69. The average molecular weight is 175 g/mol. The van der Waals surface area contributed by atoms with E-state index in [9.17, 15) is 0 Å². The van der Waals surface area contributed by atoms with E-state index in [1.807, 2.05) is 30.3 Å². The highest BCUT2D eigenvalue weighted by Crippen LogP contribution is 1.98. The number of rotatable bonds is 0. The molecule has 0 aliphatic rings. The summed E-state index contributed by atoms with van der Waals surface area (Å²) in [6, 6.07) is 9.49. The molecule has 0 atom stereocenters. The van der Waals surface area contributed by atoms with Crippen LogP contribution in [0, 0.1) is 0 Å². The first-order valence-corrected chi connectivity index (χ1v) is 4.15. The van der Waals surface area contributed by atoms with Crippen molar-refractivity contribution in [1.29, 1.82) is 0 Å². The van der Waals surface area contributed by atoms with Crippen molar-refractivity contribution in [3.05, 3.63) is 30.3 Å². The Morgan fingerprint density at radius 1 is 1.18 bits per heavy atom. The fourth-order valence-corrected chi connectivity index (χ4v) is 0.453. The molecular weight excluding hydrogens is 165 g/mol. The molecule has 1 aromatic rings. The number of para-hydroxylation sites is 1. The number of benzene rings is 1. The minimum absolute atomic E-state index is 0.822. The summed E-state index contributed by atoms with van der Waals surface area (Å²) >= 11 is 0. The van der Waals surface area contributed by atoms with Crippen LogP contribution < -0.4 is 5.73 Å². The Kier molecular flexibility index (Phi) is 5.47. The molecule has 5 heteroatoms. The summed E-state index contributed by atoms with van der Waals surface area (Å²) < 4.78 is 8.74. The van der Waals surface area contributed by atoms with Gasteiger partial charge in [0, 0.05) is 5.69 Å². The van der Waals surface area contributed by atoms with Gasteiger partial charge in [-0.2, -0.15) is 0 Å². The first-order valence-electron chi connectivity index (χ1n) is 2.85. The minimum atomic E-state index is -3.13. The van der Waals surface area contributed by atoms with E-state index in [2.05, 4.69) is 0 Å². The van der Waals surface area contributed by atoms with Crippen molar-refractivity contribution >= 4 is 13.9 Å². The van der Waals surface area contributed by atoms with E-state index in [0.29, 0.717) is 0 Å². The topological polar surface area (TPSA) is 83.6 Å². The van der Waals surface area contributed by atoms with E-state index in [4.69, 9.17) is 20.1 Å². The predicted octanol–water partition coefficient (Wildman–Crippen LogP) is 0.629. The minimum Gasteiger partial charge on any atom is -0.399 e. The van der Waals surface area contributed by atoms with E-state index in [1.54, 1.807) is 0 Å². The molecule has 4 nitrogen and oxygen atoms in total. The van der Waals surface area contributed by atoms with Crippen LogP contribution >= 0.6 is 8.25 Å². The smallest absolute Gasteiger partial charge is 0.314 e. The molecule has 0 unspecified atom stereocenters. The molecule has 0 aliphatic carbocycles. The van der Waals surface area contributed by atoms with Crippen molar-refractivity contribution in [2.75, 3.05) is 5.73 Å². The molecule has 0 spiro atoms. The lowest BCUT2D eigenvalue weighted by Gasteiger charge is -1.83. The van der Waals surface area contributed by atoms with Gasteiger partial charge in [-0.25, -0.2) is 0 Å². The van der Waals surface area contributed by atoms with E-state index in [0.717, 1.165) is 5.69 Å². The molecule has 0 aromatic heterocycles. The van der Waals surface area contributed by atoms with Crippen LogP contribution in [-0.4, -0.2) is 9.79 Å². The number of nitrogen functional groups attached to an aromatic ring is 1. The standard InChI is InChI=1S/C6H7N.H3O3P/c7-6-4-2-1-3-5-6;1-4(2)3/h1-5H,7H2;4H,(H2,1,2,3). The van der Waals surface area contributed by atoms with Crippen LogP contribution in [0.4, 0.5) is 5.69 Å². The molecular formula is C6H10NO3P. The highest BCUT2D eigenvalue weighted by molar-refractivity contribution is 7.30. The van der Waals surface area contributed by atoms with Gasteiger partial charge in [0.1, 0.15) is 0 Å². The molecule has 0 bridgehead atoms. The monoisotopic (exact) mass is 175 g/mol. The Hall–Kier alpha value is -0.830. The summed E-state index contributed by atoms with van der Waals surface area (Å²) in [6.45, 7) is 0. The second kappa shape index (κ2) is 5.92. The van der Waals surface area contributed by atoms with Crippen LogP contribution in [0.1, 0.15) is 0 Å². The van der Waals surface area contributed by atoms with E-state index in [1.165, 1.54) is 0 Å². The van der Waals surface area contributed by atoms with Crippen LogP contribution in [0.3, 0.4) is 0 Å². The summed E-state index contributed by atoms with van der Waals surface area (Å²) in [5, 5.41) is 0. The highest BCUT2D eigenvalue weighted by atomic mass is 31.1. The number of hydrogen-bond acceptors (Lipinski definition) is 2. The van der Waals surface area contributed by atoms with E-state index >= 15 is 0 Å². The van der Waals surface area contributed by atoms with Crippen LogP contribution in [-0.2, 0) is 4.57 Å². The lowest BCUT2D eigenvalue weighted by atomic mass is 10.3. The Morgan fingerprint density at radius 3 is 1.73 bits per heavy atom. The molecule has 1 aromatic carbocycles. The first-order chi connectivity index (χ1) is 5.13. The maximum Gasteiger partial charge on any atom is 0.314 e. The zero-order valence-corrected chi connectivity index (χ0v) is 6.77. The fourth-order valence-electron chi connectivity index (χ4n) is 0.453. The first kappa shape index (κ1) is 10.2. The molecule has 0 radical (unpaired) electrons. The molecule has 0 heterocycles. The van der Waals surface area contributed by atoms with Crippen molar-refractivity contribution in [1.82, 2.24) is 0 Å². The summed E-state index contributed by atoms with van der Waals surface area (Å²) in [6.07, 6.45) is 0. The maximum absolute atomic E-state index is 8.74. The molecule has 1 rings (SSSR count). The second-order valence-electron chi connectivity index (χ2n) is 1.69. The molecule has 62 valence electrons. The lowest BCUT2D eigenvalue weighted by molar-refractivity contribution is 0.405. The predicted molar refractivity (Wildman–Crippen MR) is 44.3 cm³/mol. The molecule has 4 N–H and O–H groups in total. The van der Waals surface area contributed by atoms with Gasteiger partial charge in [0.05, 0.1) is 0 Å². The van der Waals surface area contributed by atoms with Crippen LogP contribution in [0.25, 0.3) is 0 Å². The number of anilines is 1. The maximum atomic E-state index is 8.74. The molecule has 0 aliphatic heterocycles. The third kappa shape index (κ3) is 9.17. The Morgan fingerprint density at radius 2 is 1.55 bits per heavy atom. The van der Waals surface area contributed by atoms with Crippen LogP contribution in [0.15, 0.2) is 30.3 Å². The second-order valence-corrected chi connectivity index (χ2v) is 2.26. The van der Waals surface area contributed by atoms with Gasteiger partial charge in [0.15, 0.2) is 0 Å². The van der Waals surface area contributed by atoms with Crippen molar-refractivity contribution in [3.8, 4) is 0 Å². The Labute approximate surface area is 65.2 Å². The number of nitrogens with two attached hydrogens (primary N) is 1. The lowest BCUT2D eigenvalue weighted by Crippen LogP contribution is -1.79. The van der Waals surface area contributed by atoms with Gasteiger partial charge in [-0.3, -0.25) is 4.57 Å². The number of hydrogen-bond donors (Lipinski definition) is 3. The molecule has 0 fully saturated rings. The molecule has 11 heavy (non-hydrogen) atoms. The summed E-state index contributed by atoms with van der Waals surface area (Å²) in [4.78, 5) is 14.3. The summed E-state index contributed by atoms with van der Waals surface area (Å²) in [5.74, 6) is 0. The van der Waals surface area contributed by atoms with Crippen molar-refractivity contribution in [2.45, 2.75) is 0 Å². The SMILES string of the molecule is Nc1ccccc1.O=[PH](O)O. The van der Waals surface area contributed by atoms with E-state index < -0.39 is 8.25 Å². The summed E-state index contributed by atoms with van der Waals surface area (Å²) in [5.41, 5.74) is 6.18. The third-order valence-corrected chi connectivity index (χ3v) is 0.800. The molecule has 0 amide bonds.